The van der Waals surface area contributed by atoms with Gasteiger partial charge < -0.3 is 20.1 Å². The first-order valence-corrected chi connectivity index (χ1v) is 11.3. The Hall–Kier alpha value is -1.22. The van der Waals surface area contributed by atoms with Crippen LogP contribution in [0, 0.1) is 5.92 Å². The maximum absolute atomic E-state index is 13.2. The summed E-state index contributed by atoms with van der Waals surface area (Å²) in [6.45, 7) is 3.64. The number of halogens is 2. The maximum Gasteiger partial charge on any atom is 0.264 e. The number of nitrogens with one attached hydrogen (secondary N) is 1. The summed E-state index contributed by atoms with van der Waals surface area (Å²) in [5.41, 5.74) is 2.21. The molecule has 6 nitrogen and oxygen atoms in total. The van der Waals surface area contributed by atoms with E-state index in [0.717, 1.165) is 55.8 Å². The number of hydrogen-bond acceptors (Lipinski definition) is 6. The molecule has 2 atom stereocenters. The lowest BCUT2D eigenvalue weighted by Gasteiger charge is -2.40. The lowest BCUT2D eigenvalue weighted by Crippen LogP contribution is -2.43. The van der Waals surface area contributed by atoms with Crippen LogP contribution in [-0.2, 0) is 23.2 Å². The van der Waals surface area contributed by atoms with Crippen LogP contribution >= 0.6 is 36.2 Å². The Morgan fingerprint density at radius 3 is 2.74 bits per heavy atom. The fourth-order valence-corrected chi connectivity index (χ4v) is 6.31. The summed E-state index contributed by atoms with van der Waals surface area (Å²) in [4.78, 5) is 21.2. The zero-order valence-corrected chi connectivity index (χ0v) is 19.7. The average molecular weight is 486 g/mol. The monoisotopic (exact) mass is 485 g/mol. The Balaban J connectivity index is 0.00000136. The number of rotatable bonds is 3. The molecule has 9 heteroatoms. The second kappa shape index (κ2) is 10.1. The number of aliphatic hydroxyl groups excluding tert-OH is 1. The van der Waals surface area contributed by atoms with Gasteiger partial charge in [-0.2, -0.15) is 0 Å². The summed E-state index contributed by atoms with van der Waals surface area (Å²) < 4.78 is 6.25. The van der Waals surface area contributed by atoms with Crippen molar-refractivity contribution in [2.24, 2.45) is 5.92 Å². The predicted molar refractivity (Wildman–Crippen MR) is 126 cm³/mol. The van der Waals surface area contributed by atoms with Crippen LogP contribution in [0.4, 0.5) is 0 Å². The summed E-state index contributed by atoms with van der Waals surface area (Å²) in [5, 5.41) is 14.0. The molecule has 2 fully saturated rings. The van der Waals surface area contributed by atoms with Crippen molar-refractivity contribution in [2.45, 2.75) is 37.4 Å². The molecule has 0 radical (unpaired) electrons. The number of fused-ring (bicyclic) bond motifs is 2. The number of hydrogen-bond donors (Lipinski definition) is 2. The fourth-order valence-electron chi connectivity index (χ4n) is 4.93. The number of aromatic nitrogens is 1. The van der Waals surface area contributed by atoms with Gasteiger partial charge in [0.15, 0.2) is 0 Å². The molecular formula is C22H29Cl2N3O3S. The van der Waals surface area contributed by atoms with E-state index in [-0.39, 0.29) is 42.2 Å². The third kappa shape index (κ3) is 4.77. The first-order chi connectivity index (χ1) is 14.1. The quantitative estimate of drug-likeness (QED) is 0.698. The number of aliphatic hydroxyl groups is 1. The van der Waals surface area contributed by atoms with Gasteiger partial charge in [-0.1, -0.05) is 0 Å². The van der Waals surface area contributed by atoms with Crippen LogP contribution in [0.5, 0.6) is 0 Å². The Kier molecular flexibility index (Phi) is 8.00. The van der Waals surface area contributed by atoms with Crippen molar-refractivity contribution in [3.8, 4) is 0 Å². The molecule has 1 spiro atoms. The number of nitrogens with zero attached hydrogens (tertiary/aromatic N) is 2. The number of carbonyl (C=O) groups is 1. The van der Waals surface area contributed by atoms with Crippen molar-refractivity contribution in [1.29, 1.82) is 0 Å². The summed E-state index contributed by atoms with van der Waals surface area (Å²) in [6.07, 6.45) is 6.62. The van der Waals surface area contributed by atoms with Crippen LogP contribution in [0.3, 0.4) is 0 Å². The molecule has 31 heavy (non-hydrogen) atoms. The summed E-state index contributed by atoms with van der Waals surface area (Å²) in [5.74, 6) is 0.111. The molecule has 2 N–H and O–H groups in total. The standard InChI is InChI=1S/C22H27N3O3S.2ClH/c26-18-14-25(13-17(18)11-15-1-6-23-7-2-15)21(27)19-12-16-3-10-28-22(20(16)29-19)4-8-24-9-5-22;;/h1-2,6-7,12,17-18,24,26H,3-5,8-11,13-14H2;2*1H/t17-,18-;;/m1../s1. The Morgan fingerprint density at radius 1 is 1.26 bits per heavy atom. The molecule has 3 aliphatic rings. The zero-order valence-electron chi connectivity index (χ0n) is 17.3. The number of β-amino-alcohol motifs (C(OH)–C–C–N with tert-alkyl or cyclic N) is 1. The number of carbonyl (C=O) groups excluding carboxylic acids is 1. The van der Waals surface area contributed by atoms with Gasteiger partial charge in [0.1, 0.15) is 5.60 Å². The number of amides is 1. The van der Waals surface area contributed by atoms with Crippen molar-refractivity contribution < 1.29 is 14.6 Å². The summed E-state index contributed by atoms with van der Waals surface area (Å²) in [7, 11) is 0. The summed E-state index contributed by atoms with van der Waals surface area (Å²) in [6, 6.07) is 6.03. The van der Waals surface area contributed by atoms with Gasteiger partial charge in [0.2, 0.25) is 0 Å². The lowest BCUT2D eigenvalue weighted by molar-refractivity contribution is -0.0771. The van der Waals surface area contributed by atoms with Crippen molar-refractivity contribution in [3.05, 3.63) is 51.5 Å². The number of pyridine rings is 1. The minimum Gasteiger partial charge on any atom is -0.391 e. The highest BCUT2D eigenvalue weighted by molar-refractivity contribution is 7.14. The second-order valence-electron chi connectivity index (χ2n) is 8.40. The van der Waals surface area contributed by atoms with Gasteiger partial charge in [0, 0.05) is 36.3 Å². The predicted octanol–water partition coefficient (Wildman–Crippen LogP) is 2.81. The van der Waals surface area contributed by atoms with E-state index in [1.54, 1.807) is 23.7 Å². The molecule has 0 bridgehead atoms. The van der Waals surface area contributed by atoms with E-state index < -0.39 is 6.10 Å². The number of piperidine rings is 1. The molecule has 2 aromatic heterocycles. The van der Waals surface area contributed by atoms with Crippen LogP contribution in [0.2, 0.25) is 0 Å². The maximum atomic E-state index is 13.2. The minimum absolute atomic E-state index is 0. The highest BCUT2D eigenvalue weighted by atomic mass is 35.5. The van der Waals surface area contributed by atoms with Gasteiger partial charge >= 0.3 is 0 Å². The molecule has 5 rings (SSSR count). The molecular weight excluding hydrogens is 457 g/mol. The van der Waals surface area contributed by atoms with Gasteiger partial charge in [-0.15, -0.1) is 36.2 Å². The van der Waals surface area contributed by atoms with Crippen molar-refractivity contribution in [2.75, 3.05) is 32.8 Å². The topological polar surface area (TPSA) is 74.7 Å². The van der Waals surface area contributed by atoms with E-state index in [4.69, 9.17) is 4.74 Å². The van der Waals surface area contributed by atoms with Gasteiger partial charge in [-0.25, -0.2) is 0 Å². The van der Waals surface area contributed by atoms with E-state index in [9.17, 15) is 9.90 Å². The second-order valence-corrected chi connectivity index (χ2v) is 9.46. The van der Waals surface area contributed by atoms with Gasteiger partial charge in [0.05, 0.1) is 17.6 Å². The van der Waals surface area contributed by atoms with Crippen LogP contribution in [0.15, 0.2) is 30.6 Å². The molecule has 3 aliphatic heterocycles. The molecule has 170 valence electrons. The normalized spacial score (nSPS) is 24.2. The molecule has 0 saturated carbocycles. The third-order valence-electron chi connectivity index (χ3n) is 6.54. The first kappa shape index (κ1) is 24.4. The van der Waals surface area contributed by atoms with Crippen LogP contribution < -0.4 is 5.32 Å². The van der Waals surface area contributed by atoms with Gasteiger partial charge in [-0.05, 0) is 68.1 Å². The SMILES string of the molecule is Cl.Cl.O=C(c1cc2c(s1)C1(CCNCC1)OCC2)N1C[C@@H](Cc2ccncc2)[C@H](O)C1. The molecule has 2 saturated heterocycles. The van der Waals surface area contributed by atoms with E-state index in [1.165, 1.54) is 10.4 Å². The van der Waals surface area contributed by atoms with E-state index in [2.05, 4.69) is 16.4 Å². The molecule has 1 amide bonds. The van der Waals surface area contributed by atoms with E-state index in [1.807, 2.05) is 17.0 Å². The van der Waals surface area contributed by atoms with Gasteiger partial charge in [0.25, 0.3) is 5.91 Å². The number of ether oxygens (including phenoxy) is 1. The smallest absolute Gasteiger partial charge is 0.264 e. The Labute approximate surface area is 199 Å². The highest BCUT2D eigenvalue weighted by Crippen LogP contribution is 2.44. The molecule has 0 aromatic carbocycles. The van der Waals surface area contributed by atoms with Crippen molar-refractivity contribution in [3.63, 3.8) is 0 Å². The van der Waals surface area contributed by atoms with Gasteiger partial charge in [-0.3, -0.25) is 9.78 Å². The molecule has 0 unspecified atom stereocenters. The first-order valence-electron chi connectivity index (χ1n) is 10.5. The zero-order chi connectivity index (χ0) is 19.8. The Morgan fingerprint density at radius 2 is 2.00 bits per heavy atom. The lowest BCUT2D eigenvalue weighted by atomic mass is 9.86. The van der Waals surface area contributed by atoms with Crippen molar-refractivity contribution in [1.82, 2.24) is 15.2 Å². The number of thiophene rings is 1. The minimum atomic E-state index is -0.485. The molecule has 0 aliphatic carbocycles. The van der Waals surface area contributed by atoms with Crippen molar-refractivity contribution >= 4 is 42.1 Å². The average Bonchev–Trinajstić information content (AvgIpc) is 3.34. The summed E-state index contributed by atoms with van der Waals surface area (Å²) >= 11 is 1.61. The van der Waals surface area contributed by atoms with Crippen LogP contribution in [-0.4, -0.2) is 59.8 Å². The van der Waals surface area contributed by atoms with Crippen LogP contribution in [0.1, 0.15) is 38.5 Å². The largest absolute Gasteiger partial charge is 0.391 e. The van der Waals surface area contributed by atoms with Crippen LogP contribution in [0.25, 0.3) is 0 Å². The Bertz CT molecular complexity index is 889. The molecule has 2 aromatic rings. The van der Waals surface area contributed by atoms with E-state index >= 15 is 0 Å². The third-order valence-corrected chi connectivity index (χ3v) is 7.89. The highest BCUT2D eigenvalue weighted by Gasteiger charge is 2.42. The molecule has 5 heterocycles. The van der Waals surface area contributed by atoms with E-state index in [0.29, 0.717) is 13.1 Å². The fraction of sp³-hybridized carbons (Fsp3) is 0.545. The number of likely N-dealkylation sites (tertiary alicyclic amines) is 1.